The lowest BCUT2D eigenvalue weighted by molar-refractivity contribution is 0.794. The third-order valence-electron chi connectivity index (χ3n) is 12.1. The Morgan fingerprint density at radius 1 is 0.442 bits per heavy atom. The Kier molecular flexibility index (Phi) is 5.52. The molecule has 0 radical (unpaired) electrons. The number of nitrogens with zero attached hydrogens (tertiary/aromatic N) is 1. The van der Waals surface area contributed by atoms with Crippen LogP contribution in [0.2, 0.25) is 0 Å². The average Bonchev–Trinajstić information content (AvgIpc) is 3.92. The van der Waals surface area contributed by atoms with Crippen LogP contribution in [0.1, 0.15) is 33.4 Å². The Labute approximate surface area is 306 Å². The van der Waals surface area contributed by atoms with Gasteiger partial charge in [0.2, 0.25) is 0 Å². The van der Waals surface area contributed by atoms with E-state index in [4.69, 9.17) is 4.98 Å². The predicted molar refractivity (Wildman–Crippen MR) is 218 cm³/mol. The molecular weight excluding hydrogens is 647 g/mol. The maximum atomic E-state index is 5.08. The van der Waals surface area contributed by atoms with Gasteiger partial charge in [0.15, 0.2) is 0 Å². The number of rotatable bonds is 2. The zero-order valence-electron chi connectivity index (χ0n) is 28.8. The SMILES string of the molecule is Cc1cc(-c2nc3ccccc3s2)cc(C)c1-c1c2c(cc3c1-c1ccccc1C31c3ccccc3-c3ccccc31)-c1cccc3cccc-2c13. The Balaban J connectivity index is 1.25. The van der Waals surface area contributed by atoms with Crippen LogP contribution in [0.3, 0.4) is 0 Å². The summed E-state index contributed by atoms with van der Waals surface area (Å²) in [5, 5.41) is 3.73. The number of hydrogen-bond donors (Lipinski definition) is 0. The van der Waals surface area contributed by atoms with Crippen molar-refractivity contribution in [1.29, 1.82) is 0 Å². The highest BCUT2D eigenvalue weighted by atomic mass is 32.1. The third kappa shape index (κ3) is 3.41. The molecule has 0 fully saturated rings. The molecule has 1 heterocycles. The van der Waals surface area contributed by atoms with Crippen LogP contribution in [0.4, 0.5) is 0 Å². The van der Waals surface area contributed by atoms with Crippen molar-refractivity contribution < 1.29 is 0 Å². The van der Waals surface area contributed by atoms with Gasteiger partial charge in [-0.15, -0.1) is 11.3 Å². The number of benzene rings is 8. The largest absolute Gasteiger partial charge is 0.236 e. The minimum Gasteiger partial charge on any atom is -0.236 e. The molecule has 0 N–H and O–H groups in total. The molecule has 0 amide bonds. The molecular formula is C50H31NS. The van der Waals surface area contributed by atoms with E-state index in [1.54, 1.807) is 11.3 Å². The lowest BCUT2D eigenvalue weighted by Crippen LogP contribution is -2.26. The number of aryl methyl sites for hydroxylation is 2. The van der Waals surface area contributed by atoms with E-state index in [-0.39, 0.29) is 0 Å². The van der Waals surface area contributed by atoms with Crippen molar-refractivity contribution in [3.05, 3.63) is 185 Å². The average molecular weight is 678 g/mol. The van der Waals surface area contributed by atoms with E-state index in [1.165, 1.54) is 110 Å². The van der Waals surface area contributed by atoms with Crippen molar-refractivity contribution in [2.24, 2.45) is 0 Å². The quantitative estimate of drug-likeness (QED) is 0.177. The summed E-state index contributed by atoms with van der Waals surface area (Å²) >= 11 is 1.78. The van der Waals surface area contributed by atoms with Gasteiger partial charge < -0.3 is 0 Å². The molecule has 52 heavy (non-hydrogen) atoms. The van der Waals surface area contributed by atoms with E-state index in [0.717, 1.165) is 10.5 Å². The van der Waals surface area contributed by atoms with Crippen LogP contribution in [0.15, 0.2) is 152 Å². The van der Waals surface area contributed by atoms with E-state index in [9.17, 15) is 0 Å². The minimum atomic E-state index is -0.422. The topological polar surface area (TPSA) is 12.9 Å². The number of fused-ring (bicyclic) bond motifs is 14. The van der Waals surface area contributed by atoms with Gasteiger partial charge in [0.05, 0.1) is 15.6 Å². The molecule has 242 valence electrons. The molecule has 0 saturated carbocycles. The van der Waals surface area contributed by atoms with Crippen LogP contribution in [0, 0.1) is 13.8 Å². The van der Waals surface area contributed by atoms with Gasteiger partial charge in [-0.1, -0.05) is 121 Å². The first-order valence-electron chi connectivity index (χ1n) is 18.1. The van der Waals surface area contributed by atoms with E-state index < -0.39 is 5.41 Å². The van der Waals surface area contributed by atoms with Crippen LogP contribution in [-0.4, -0.2) is 4.98 Å². The van der Waals surface area contributed by atoms with Crippen molar-refractivity contribution in [3.63, 3.8) is 0 Å². The van der Waals surface area contributed by atoms with Gasteiger partial charge in [0.25, 0.3) is 0 Å². The Morgan fingerprint density at radius 3 is 1.71 bits per heavy atom. The van der Waals surface area contributed by atoms with Crippen molar-refractivity contribution in [3.8, 4) is 66.2 Å². The second-order valence-corrected chi connectivity index (χ2v) is 15.7. The molecule has 1 nitrogen and oxygen atoms in total. The summed E-state index contributed by atoms with van der Waals surface area (Å²) in [6, 6.07) is 57.0. The first-order chi connectivity index (χ1) is 25.6. The summed E-state index contributed by atoms with van der Waals surface area (Å²) in [6.07, 6.45) is 0. The molecule has 0 unspecified atom stereocenters. The summed E-state index contributed by atoms with van der Waals surface area (Å²) in [7, 11) is 0. The van der Waals surface area contributed by atoms with Crippen LogP contribution in [0.25, 0.3) is 87.2 Å². The highest BCUT2D eigenvalue weighted by Crippen LogP contribution is 2.67. The molecule has 3 aliphatic carbocycles. The van der Waals surface area contributed by atoms with Crippen molar-refractivity contribution in [1.82, 2.24) is 4.98 Å². The molecule has 0 atom stereocenters. The number of para-hydroxylation sites is 1. The molecule has 12 rings (SSSR count). The second-order valence-electron chi connectivity index (χ2n) is 14.7. The van der Waals surface area contributed by atoms with Crippen molar-refractivity contribution >= 4 is 32.3 Å². The first kappa shape index (κ1) is 28.6. The Morgan fingerprint density at radius 2 is 1.02 bits per heavy atom. The van der Waals surface area contributed by atoms with Gasteiger partial charge in [-0.3, -0.25) is 0 Å². The zero-order valence-corrected chi connectivity index (χ0v) is 29.6. The molecule has 8 aromatic carbocycles. The van der Waals surface area contributed by atoms with Gasteiger partial charge in [0, 0.05) is 5.56 Å². The van der Waals surface area contributed by atoms with E-state index in [0.29, 0.717) is 0 Å². The molecule has 2 heteroatoms. The van der Waals surface area contributed by atoms with Gasteiger partial charge in [0.1, 0.15) is 5.01 Å². The highest BCUT2D eigenvalue weighted by Gasteiger charge is 2.53. The monoisotopic (exact) mass is 677 g/mol. The minimum absolute atomic E-state index is 0.422. The van der Waals surface area contributed by atoms with Crippen LogP contribution >= 0.6 is 11.3 Å². The lowest BCUT2D eigenvalue weighted by Gasteiger charge is -2.31. The van der Waals surface area contributed by atoms with Crippen molar-refractivity contribution in [2.45, 2.75) is 19.3 Å². The second kappa shape index (κ2) is 10.0. The van der Waals surface area contributed by atoms with Crippen LogP contribution in [0.5, 0.6) is 0 Å². The summed E-state index contributed by atoms with van der Waals surface area (Å²) in [5.74, 6) is 0. The van der Waals surface area contributed by atoms with Gasteiger partial charge in [-0.05, 0) is 144 Å². The van der Waals surface area contributed by atoms with Crippen LogP contribution < -0.4 is 0 Å². The fourth-order valence-electron chi connectivity index (χ4n) is 10.2. The van der Waals surface area contributed by atoms with Gasteiger partial charge in [-0.2, -0.15) is 0 Å². The van der Waals surface area contributed by atoms with E-state index >= 15 is 0 Å². The van der Waals surface area contributed by atoms with Crippen LogP contribution in [-0.2, 0) is 5.41 Å². The zero-order chi connectivity index (χ0) is 34.3. The van der Waals surface area contributed by atoms with Gasteiger partial charge >= 0.3 is 0 Å². The molecule has 1 spiro atoms. The number of aromatic nitrogens is 1. The Hall–Kier alpha value is -6.09. The number of thiazole rings is 1. The third-order valence-corrected chi connectivity index (χ3v) is 13.2. The molecule has 0 bridgehead atoms. The van der Waals surface area contributed by atoms with E-state index in [2.05, 4.69) is 166 Å². The Bertz CT molecular complexity index is 2940. The fourth-order valence-corrected chi connectivity index (χ4v) is 11.2. The lowest BCUT2D eigenvalue weighted by atomic mass is 9.69. The number of hydrogen-bond acceptors (Lipinski definition) is 2. The molecule has 0 saturated heterocycles. The molecule has 0 aliphatic heterocycles. The van der Waals surface area contributed by atoms with Gasteiger partial charge in [-0.25, -0.2) is 4.98 Å². The molecule has 1 aromatic heterocycles. The maximum Gasteiger partial charge on any atom is 0.124 e. The summed E-state index contributed by atoms with van der Waals surface area (Å²) in [4.78, 5) is 5.08. The summed E-state index contributed by atoms with van der Waals surface area (Å²) < 4.78 is 1.22. The maximum absolute atomic E-state index is 5.08. The standard InChI is InChI=1S/C50H31NS/c1-28-25-31(49-51-42-23-9-10-24-43(42)52-49)26-29(2)44(28)48-46-36-19-12-14-30-13-11-18-34(45(30)36)37(46)27-41-47(48)35-17-5-8-22-40(35)50(41)38-20-6-3-15-32(38)33-16-4-7-21-39(33)50/h3-27H,1-2H3. The molecule has 9 aromatic rings. The predicted octanol–water partition coefficient (Wildman–Crippen LogP) is 13.4. The van der Waals surface area contributed by atoms with E-state index in [1.807, 2.05) is 0 Å². The first-order valence-corrected chi connectivity index (χ1v) is 19.0. The highest BCUT2D eigenvalue weighted by molar-refractivity contribution is 7.21. The molecule has 3 aliphatic rings. The smallest absolute Gasteiger partial charge is 0.124 e. The summed E-state index contributed by atoms with van der Waals surface area (Å²) in [6.45, 7) is 4.62. The normalized spacial score (nSPS) is 13.7. The summed E-state index contributed by atoms with van der Waals surface area (Å²) in [5.41, 5.74) is 23.3. The fraction of sp³-hybridized carbons (Fsp3) is 0.0600. The van der Waals surface area contributed by atoms with Crippen molar-refractivity contribution in [2.75, 3.05) is 0 Å².